The van der Waals surface area contributed by atoms with E-state index >= 15 is 0 Å². The Morgan fingerprint density at radius 1 is 1.37 bits per heavy atom. The number of furan rings is 1. The van der Waals surface area contributed by atoms with Crippen LogP contribution in [0.2, 0.25) is 0 Å². The molecule has 1 aromatic heterocycles. The van der Waals surface area contributed by atoms with Gasteiger partial charge in [0.15, 0.2) is 0 Å². The monoisotopic (exact) mass is 295 g/mol. The van der Waals surface area contributed by atoms with Crippen molar-refractivity contribution in [3.8, 4) is 0 Å². The predicted octanol–water partition coefficient (Wildman–Crippen LogP) is 4.00. The average Bonchev–Trinajstić information content (AvgIpc) is 3.15. The van der Waals surface area contributed by atoms with Crippen LogP contribution in [0, 0.1) is 5.92 Å². The topological polar surface area (TPSA) is 16.4 Å². The molecule has 0 unspecified atom stereocenters. The van der Waals surface area contributed by atoms with Crippen LogP contribution in [0.15, 0.2) is 23.0 Å². The van der Waals surface area contributed by atoms with E-state index < -0.39 is 0 Å². The van der Waals surface area contributed by atoms with E-state index in [4.69, 9.17) is 4.42 Å². The van der Waals surface area contributed by atoms with E-state index in [0.29, 0.717) is 10.1 Å². The van der Waals surface area contributed by atoms with Crippen molar-refractivity contribution >= 4 is 23.5 Å². The molecule has 4 heteroatoms. The highest BCUT2D eigenvalue weighted by atomic mass is 32.2. The third-order valence-electron chi connectivity index (χ3n) is 5.20. The minimum atomic E-state index is 0.466. The van der Waals surface area contributed by atoms with Gasteiger partial charge in [-0.3, -0.25) is 4.90 Å². The van der Waals surface area contributed by atoms with Crippen LogP contribution in [0.5, 0.6) is 0 Å². The van der Waals surface area contributed by atoms with Crippen molar-refractivity contribution < 1.29 is 4.42 Å². The van der Waals surface area contributed by atoms with Crippen LogP contribution in [-0.2, 0) is 0 Å². The second kappa shape index (κ2) is 4.74. The normalized spacial score (nSPS) is 37.8. The molecule has 2 nitrogen and oxygen atoms in total. The molecule has 0 saturated carbocycles. The first-order valence-electron chi connectivity index (χ1n) is 7.36. The predicted molar refractivity (Wildman–Crippen MR) is 82.6 cm³/mol. The molecular weight excluding hydrogens is 274 g/mol. The molecule has 0 aliphatic carbocycles. The lowest BCUT2D eigenvalue weighted by molar-refractivity contribution is 0.0782. The Kier molecular flexibility index (Phi) is 3.16. The Bertz CT molecular complexity index is 441. The number of hydrogen-bond acceptors (Lipinski definition) is 4. The molecule has 3 fully saturated rings. The second-order valence-electron chi connectivity index (χ2n) is 6.02. The molecule has 1 spiro atoms. The van der Waals surface area contributed by atoms with Gasteiger partial charge in [-0.25, -0.2) is 0 Å². The summed E-state index contributed by atoms with van der Waals surface area (Å²) in [6.45, 7) is 3.77. The number of rotatable bonds is 1. The molecule has 3 saturated heterocycles. The molecule has 4 rings (SSSR count). The van der Waals surface area contributed by atoms with E-state index in [1.807, 2.05) is 12.5 Å². The first kappa shape index (κ1) is 12.7. The highest BCUT2D eigenvalue weighted by molar-refractivity contribution is 8.21. The molecular formula is C15H21NOS2. The quantitative estimate of drug-likeness (QED) is 0.778. The van der Waals surface area contributed by atoms with Crippen molar-refractivity contribution in [1.29, 1.82) is 0 Å². The van der Waals surface area contributed by atoms with Crippen molar-refractivity contribution in [3.05, 3.63) is 24.2 Å². The van der Waals surface area contributed by atoms with Gasteiger partial charge < -0.3 is 4.42 Å². The lowest BCUT2D eigenvalue weighted by Gasteiger charge is -2.50. The van der Waals surface area contributed by atoms with Crippen LogP contribution < -0.4 is 0 Å². The minimum Gasteiger partial charge on any atom is -0.472 e. The first-order valence-corrected chi connectivity index (χ1v) is 9.33. The molecule has 0 N–H and O–H groups in total. The molecule has 3 atom stereocenters. The third-order valence-corrected chi connectivity index (χ3v) is 9.03. The van der Waals surface area contributed by atoms with Crippen molar-refractivity contribution in [1.82, 2.24) is 4.90 Å². The van der Waals surface area contributed by atoms with Gasteiger partial charge in [-0.15, -0.1) is 23.5 Å². The zero-order valence-corrected chi connectivity index (χ0v) is 13.0. The third kappa shape index (κ3) is 1.90. The fraction of sp³-hybridized carbons (Fsp3) is 0.733. The largest absolute Gasteiger partial charge is 0.472 e. The van der Waals surface area contributed by atoms with Gasteiger partial charge in [0.2, 0.25) is 0 Å². The average molecular weight is 295 g/mol. The summed E-state index contributed by atoms with van der Waals surface area (Å²) in [7, 11) is 0. The SMILES string of the molecule is C[C@H]1[C@@H]2CCCN2[C@H](c2ccoc2)CC12SCCS2. The molecule has 0 aromatic carbocycles. The van der Waals surface area contributed by atoms with Gasteiger partial charge in [-0.1, -0.05) is 6.92 Å². The van der Waals surface area contributed by atoms with E-state index in [-0.39, 0.29) is 0 Å². The maximum Gasteiger partial charge on any atom is 0.0950 e. The van der Waals surface area contributed by atoms with Gasteiger partial charge in [0.05, 0.1) is 16.6 Å². The van der Waals surface area contributed by atoms with Gasteiger partial charge in [0, 0.05) is 29.2 Å². The second-order valence-corrected chi connectivity index (χ2v) is 9.13. The number of nitrogens with zero attached hydrogens (tertiary/aromatic N) is 1. The van der Waals surface area contributed by atoms with Gasteiger partial charge >= 0.3 is 0 Å². The van der Waals surface area contributed by atoms with Crippen LogP contribution in [0.3, 0.4) is 0 Å². The van der Waals surface area contributed by atoms with Gasteiger partial charge in [0.25, 0.3) is 0 Å². The Labute approximate surface area is 123 Å². The van der Waals surface area contributed by atoms with E-state index in [1.165, 1.54) is 42.9 Å². The summed E-state index contributed by atoms with van der Waals surface area (Å²) in [6.07, 6.45) is 7.85. The molecule has 104 valence electrons. The van der Waals surface area contributed by atoms with E-state index in [9.17, 15) is 0 Å². The van der Waals surface area contributed by atoms with Crippen LogP contribution in [-0.4, -0.2) is 33.1 Å². The Morgan fingerprint density at radius 3 is 2.95 bits per heavy atom. The minimum absolute atomic E-state index is 0.466. The van der Waals surface area contributed by atoms with Crippen molar-refractivity contribution in [2.45, 2.75) is 42.3 Å². The molecule has 0 bridgehead atoms. The lowest BCUT2D eigenvalue weighted by Crippen LogP contribution is -2.51. The summed E-state index contributed by atoms with van der Waals surface area (Å²) in [6, 6.07) is 3.54. The number of thioether (sulfide) groups is 2. The summed E-state index contributed by atoms with van der Waals surface area (Å²) in [5, 5.41) is 0. The molecule has 0 amide bonds. The van der Waals surface area contributed by atoms with E-state index in [0.717, 1.165) is 12.0 Å². The van der Waals surface area contributed by atoms with Crippen LogP contribution in [0.4, 0.5) is 0 Å². The number of hydrogen-bond donors (Lipinski definition) is 0. The maximum atomic E-state index is 5.35. The van der Waals surface area contributed by atoms with Gasteiger partial charge in [-0.05, 0) is 37.8 Å². The zero-order chi connectivity index (χ0) is 12.9. The van der Waals surface area contributed by atoms with Crippen molar-refractivity contribution in [3.63, 3.8) is 0 Å². The lowest BCUT2D eigenvalue weighted by atomic mass is 9.84. The molecule has 4 heterocycles. The van der Waals surface area contributed by atoms with Gasteiger partial charge in [-0.2, -0.15) is 0 Å². The van der Waals surface area contributed by atoms with Crippen LogP contribution in [0.1, 0.15) is 37.8 Å². The van der Waals surface area contributed by atoms with Crippen LogP contribution >= 0.6 is 23.5 Å². The molecule has 19 heavy (non-hydrogen) atoms. The Hall–Kier alpha value is -0.0600. The maximum absolute atomic E-state index is 5.35. The summed E-state index contributed by atoms with van der Waals surface area (Å²) in [5.74, 6) is 3.48. The van der Waals surface area contributed by atoms with Crippen LogP contribution in [0.25, 0.3) is 0 Å². The fourth-order valence-corrected chi connectivity index (χ4v) is 7.81. The molecule has 3 aliphatic heterocycles. The van der Waals surface area contributed by atoms with Gasteiger partial charge in [0.1, 0.15) is 0 Å². The molecule has 1 aromatic rings. The first-order chi connectivity index (χ1) is 9.30. The molecule has 3 aliphatic rings. The highest BCUT2D eigenvalue weighted by Gasteiger charge is 2.53. The number of fused-ring (bicyclic) bond motifs is 1. The highest BCUT2D eigenvalue weighted by Crippen LogP contribution is 2.60. The summed E-state index contributed by atoms with van der Waals surface area (Å²) in [4.78, 5) is 2.76. The van der Waals surface area contributed by atoms with E-state index in [1.54, 1.807) is 0 Å². The number of piperidine rings is 1. The van der Waals surface area contributed by atoms with Crippen molar-refractivity contribution in [2.24, 2.45) is 5.92 Å². The summed E-state index contributed by atoms with van der Waals surface area (Å²) >= 11 is 4.46. The fourth-order valence-electron chi connectivity index (χ4n) is 4.23. The zero-order valence-electron chi connectivity index (χ0n) is 11.4. The molecule has 0 radical (unpaired) electrons. The smallest absolute Gasteiger partial charge is 0.0950 e. The standard InChI is InChI=1S/C15H21NOS2/c1-11-13-3-2-5-16(13)14(12-4-6-17-10-12)9-15(11)18-7-8-19-15/h4,6,10-11,13-14H,2-3,5,7-9H2,1H3/t11-,13-,14-/m0/s1. The van der Waals surface area contributed by atoms with Crippen molar-refractivity contribution in [2.75, 3.05) is 18.1 Å². The Morgan fingerprint density at radius 2 is 2.21 bits per heavy atom. The summed E-state index contributed by atoms with van der Waals surface area (Å²) < 4.78 is 5.82. The Balaban J connectivity index is 1.71. The summed E-state index contributed by atoms with van der Waals surface area (Å²) in [5.41, 5.74) is 1.39. The van der Waals surface area contributed by atoms with E-state index in [2.05, 4.69) is 41.4 Å².